The van der Waals surface area contributed by atoms with Crippen molar-refractivity contribution >= 4 is 5.91 Å². The molecule has 5 heteroatoms. The third-order valence-corrected chi connectivity index (χ3v) is 6.13. The number of rotatable bonds is 4. The van der Waals surface area contributed by atoms with E-state index in [0.29, 0.717) is 5.92 Å². The molecule has 1 saturated heterocycles. The van der Waals surface area contributed by atoms with E-state index in [1.807, 2.05) is 16.9 Å². The maximum absolute atomic E-state index is 13.2. The minimum atomic E-state index is -0.537. The molecule has 1 aliphatic carbocycles. The number of carbonyl (C=O) groups excluding carboxylic acids is 1. The topological polar surface area (TPSA) is 59.0 Å². The largest absolute Gasteiger partial charge is 0.351 e. The highest BCUT2D eigenvalue weighted by molar-refractivity contribution is 5.84. The number of benzene rings is 1. The number of amides is 1. The molecular weight excluding hydrogens is 324 g/mol. The molecule has 2 fully saturated rings. The Hall–Kier alpha value is -2.14. The van der Waals surface area contributed by atoms with Crippen molar-refractivity contribution in [3.63, 3.8) is 0 Å². The Kier molecular flexibility index (Phi) is 5.07. The fourth-order valence-electron chi connectivity index (χ4n) is 4.54. The average Bonchev–Trinajstić information content (AvgIpc) is 3.25. The first-order chi connectivity index (χ1) is 12.8. The van der Waals surface area contributed by atoms with Crippen LogP contribution < -0.4 is 10.6 Å². The van der Waals surface area contributed by atoms with Gasteiger partial charge in [0.25, 0.3) is 0 Å². The Morgan fingerprint density at radius 3 is 2.46 bits per heavy atom. The van der Waals surface area contributed by atoms with Crippen molar-refractivity contribution in [2.75, 3.05) is 13.1 Å². The summed E-state index contributed by atoms with van der Waals surface area (Å²) < 4.78 is 1.87. The van der Waals surface area contributed by atoms with Crippen LogP contribution in [0.3, 0.4) is 0 Å². The number of nitrogens with one attached hydrogen (secondary N) is 2. The van der Waals surface area contributed by atoms with Gasteiger partial charge in [0.2, 0.25) is 5.91 Å². The molecular formula is C21H28N4O. The first-order valence-corrected chi connectivity index (χ1v) is 9.85. The third kappa shape index (κ3) is 3.40. The van der Waals surface area contributed by atoms with Crippen LogP contribution in [0.1, 0.15) is 50.0 Å². The van der Waals surface area contributed by atoms with Gasteiger partial charge in [-0.05, 0) is 69.2 Å². The van der Waals surface area contributed by atoms with Gasteiger partial charge in [-0.15, -0.1) is 0 Å². The van der Waals surface area contributed by atoms with Gasteiger partial charge in [0.1, 0.15) is 5.54 Å². The zero-order chi connectivity index (χ0) is 17.8. The molecule has 2 aromatic rings. The van der Waals surface area contributed by atoms with Crippen LogP contribution >= 0.6 is 0 Å². The molecule has 2 N–H and O–H groups in total. The van der Waals surface area contributed by atoms with E-state index in [1.54, 1.807) is 6.20 Å². The Balaban J connectivity index is 1.40. The maximum atomic E-state index is 13.2. The van der Waals surface area contributed by atoms with E-state index < -0.39 is 5.54 Å². The molecule has 0 atom stereocenters. The predicted molar refractivity (Wildman–Crippen MR) is 102 cm³/mol. The first-order valence-electron chi connectivity index (χ1n) is 9.85. The van der Waals surface area contributed by atoms with Gasteiger partial charge in [0.05, 0.1) is 0 Å². The second-order valence-corrected chi connectivity index (χ2v) is 7.66. The monoisotopic (exact) mass is 352 g/mol. The molecule has 5 nitrogen and oxygen atoms in total. The average molecular weight is 352 g/mol. The van der Waals surface area contributed by atoms with Crippen LogP contribution in [-0.2, 0) is 10.3 Å². The minimum Gasteiger partial charge on any atom is -0.351 e. The number of hydrogen-bond donors (Lipinski definition) is 2. The lowest BCUT2D eigenvalue weighted by Gasteiger charge is -2.38. The second-order valence-electron chi connectivity index (χ2n) is 7.66. The van der Waals surface area contributed by atoms with Gasteiger partial charge in [0, 0.05) is 18.4 Å². The van der Waals surface area contributed by atoms with Crippen molar-refractivity contribution in [2.24, 2.45) is 0 Å². The fraction of sp³-hybridized carbons (Fsp3) is 0.524. The summed E-state index contributed by atoms with van der Waals surface area (Å²) in [7, 11) is 0. The van der Waals surface area contributed by atoms with Crippen LogP contribution in [0.4, 0.5) is 0 Å². The molecule has 1 amide bonds. The Morgan fingerprint density at radius 2 is 1.81 bits per heavy atom. The molecule has 0 bridgehead atoms. The second kappa shape index (κ2) is 7.62. The molecule has 4 rings (SSSR count). The Labute approximate surface area is 155 Å². The molecule has 1 saturated carbocycles. The number of hydrogen-bond acceptors (Lipinski definition) is 3. The van der Waals surface area contributed by atoms with Crippen LogP contribution in [0.25, 0.3) is 0 Å². The van der Waals surface area contributed by atoms with E-state index in [-0.39, 0.29) is 11.9 Å². The van der Waals surface area contributed by atoms with Gasteiger partial charge in [-0.2, -0.15) is 5.10 Å². The molecule has 1 aliphatic heterocycles. The van der Waals surface area contributed by atoms with E-state index in [1.165, 1.54) is 5.56 Å². The highest BCUT2D eigenvalue weighted by Gasteiger charge is 2.42. The Bertz CT molecular complexity index is 699. The number of nitrogens with zero attached hydrogens (tertiary/aromatic N) is 2. The number of piperidine rings is 1. The molecule has 2 aliphatic rings. The van der Waals surface area contributed by atoms with E-state index in [2.05, 4.69) is 46.1 Å². The zero-order valence-corrected chi connectivity index (χ0v) is 15.2. The van der Waals surface area contributed by atoms with Gasteiger partial charge in [-0.25, -0.2) is 0 Å². The van der Waals surface area contributed by atoms with E-state index in [0.717, 1.165) is 51.6 Å². The SMILES string of the molecule is O=C(NC1CCC(c2ccccc2)CC1)C1(n2cccn2)CCNCC1. The molecule has 1 aromatic heterocycles. The highest BCUT2D eigenvalue weighted by Crippen LogP contribution is 2.34. The van der Waals surface area contributed by atoms with Crippen molar-refractivity contribution in [3.8, 4) is 0 Å². The van der Waals surface area contributed by atoms with Crippen molar-refractivity contribution in [3.05, 3.63) is 54.4 Å². The normalized spacial score (nSPS) is 25.5. The van der Waals surface area contributed by atoms with Crippen LogP contribution in [0.15, 0.2) is 48.8 Å². The van der Waals surface area contributed by atoms with Crippen LogP contribution in [0.5, 0.6) is 0 Å². The number of carbonyl (C=O) groups is 1. The molecule has 1 aromatic carbocycles. The summed E-state index contributed by atoms with van der Waals surface area (Å²) in [5.74, 6) is 0.772. The minimum absolute atomic E-state index is 0.144. The van der Waals surface area contributed by atoms with Crippen molar-refractivity contribution in [1.29, 1.82) is 0 Å². The van der Waals surface area contributed by atoms with Crippen molar-refractivity contribution < 1.29 is 4.79 Å². The summed E-state index contributed by atoms with van der Waals surface area (Å²) in [6.07, 6.45) is 9.67. The first kappa shape index (κ1) is 17.3. The Morgan fingerprint density at radius 1 is 1.08 bits per heavy atom. The molecule has 0 radical (unpaired) electrons. The summed E-state index contributed by atoms with van der Waals surface area (Å²) in [6.45, 7) is 1.71. The smallest absolute Gasteiger partial charge is 0.248 e. The van der Waals surface area contributed by atoms with Gasteiger partial charge >= 0.3 is 0 Å². The van der Waals surface area contributed by atoms with Crippen molar-refractivity contribution in [1.82, 2.24) is 20.4 Å². The summed E-state index contributed by atoms with van der Waals surface area (Å²) in [5, 5.41) is 11.1. The summed E-state index contributed by atoms with van der Waals surface area (Å²) >= 11 is 0. The van der Waals surface area contributed by atoms with Crippen LogP contribution in [0.2, 0.25) is 0 Å². The summed E-state index contributed by atoms with van der Waals surface area (Å²) in [5.41, 5.74) is 0.897. The quantitative estimate of drug-likeness (QED) is 0.890. The molecule has 2 heterocycles. The predicted octanol–water partition coefficient (Wildman–Crippen LogP) is 2.80. The van der Waals surface area contributed by atoms with E-state index in [4.69, 9.17) is 0 Å². The van der Waals surface area contributed by atoms with E-state index in [9.17, 15) is 4.79 Å². The summed E-state index contributed by atoms with van der Waals surface area (Å²) in [6, 6.07) is 13.0. The third-order valence-electron chi connectivity index (χ3n) is 6.13. The lowest BCUT2D eigenvalue weighted by atomic mass is 9.81. The van der Waals surface area contributed by atoms with Crippen molar-refractivity contribution in [2.45, 2.75) is 56.0 Å². The summed E-state index contributed by atoms with van der Waals surface area (Å²) in [4.78, 5) is 13.2. The highest BCUT2D eigenvalue weighted by atomic mass is 16.2. The lowest BCUT2D eigenvalue weighted by Crippen LogP contribution is -2.56. The molecule has 26 heavy (non-hydrogen) atoms. The maximum Gasteiger partial charge on any atom is 0.248 e. The molecule has 0 unspecified atom stereocenters. The van der Waals surface area contributed by atoms with Gasteiger partial charge in [-0.3, -0.25) is 9.48 Å². The van der Waals surface area contributed by atoms with Crippen LogP contribution in [-0.4, -0.2) is 34.8 Å². The molecule has 138 valence electrons. The lowest BCUT2D eigenvalue weighted by molar-refractivity contribution is -0.133. The standard InChI is InChI=1S/C21H28N4O/c26-20(21(11-14-22-15-12-21)25-16-4-13-23-25)24-19-9-7-18(8-10-19)17-5-2-1-3-6-17/h1-6,13,16,18-19,22H,7-12,14-15H2,(H,24,26). The van der Waals surface area contributed by atoms with Gasteiger partial charge in [-0.1, -0.05) is 30.3 Å². The van der Waals surface area contributed by atoms with Gasteiger partial charge < -0.3 is 10.6 Å². The number of aromatic nitrogens is 2. The van der Waals surface area contributed by atoms with Gasteiger partial charge in [0.15, 0.2) is 0 Å². The van der Waals surface area contributed by atoms with E-state index >= 15 is 0 Å². The molecule has 0 spiro atoms. The fourth-order valence-corrected chi connectivity index (χ4v) is 4.54. The zero-order valence-electron chi connectivity index (χ0n) is 15.2. The van der Waals surface area contributed by atoms with Crippen LogP contribution in [0, 0.1) is 0 Å².